The van der Waals surface area contributed by atoms with Gasteiger partial charge in [0.05, 0.1) is 17.3 Å². The van der Waals surface area contributed by atoms with Crippen molar-refractivity contribution in [3.63, 3.8) is 0 Å². The average Bonchev–Trinajstić information content (AvgIpc) is 2.82. The summed E-state index contributed by atoms with van der Waals surface area (Å²) >= 11 is 0. The molecule has 74 valence electrons. The van der Waals surface area contributed by atoms with Crippen LogP contribution in [-0.2, 0) is 0 Å². The summed E-state index contributed by atoms with van der Waals surface area (Å²) in [7, 11) is 0. The number of aromatic amines is 2. The molecular formula is C11H8N2O2. The van der Waals surface area contributed by atoms with Crippen LogP contribution in [0.2, 0.25) is 0 Å². The molecule has 4 nitrogen and oxygen atoms in total. The van der Waals surface area contributed by atoms with E-state index in [0.717, 1.165) is 22.4 Å². The van der Waals surface area contributed by atoms with E-state index in [2.05, 4.69) is 9.97 Å². The highest BCUT2D eigenvalue weighted by Gasteiger charge is 2.03. The van der Waals surface area contributed by atoms with Crippen molar-refractivity contribution in [3.8, 4) is 11.3 Å². The predicted molar refractivity (Wildman–Crippen MR) is 56.6 cm³/mol. The van der Waals surface area contributed by atoms with Crippen LogP contribution < -0.4 is 5.69 Å². The van der Waals surface area contributed by atoms with Crippen LogP contribution in [0.3, 0.4) is 0 Å². The Labute approximate surface area is 84.6 Å². The Balaban J connectivity index is 2.26. The van der Waals surface area contributed by atoms with E-state index in [-0.39, 0.29) is 5.69 Å². The summed E-state index contributed by atoms with van der Waals surface area (Å²) in [4.78, 5) is 16.4. The quantitative estimate of drug-likeness (QED) is 0.632. The second-order valence-electron chi connectivity index (χ2n) is 3.32. The molecule has 0 saturated heterocycles. The maximum atomic E-state index is 11.1. The summed E-state index contributed by atoms with van der Waals surface area (Å²) in [6, 6.07) is 9.35. The van der Waals surface area contributed by atoms with Gasteiger partial charge in [0.2, 0.25) is 0 Å². The van der Waals surface area contributed by atoms with Gasteiger partial charge in [-0.1, -0.05) is 0 Å². The Morgan fingerprint density at radius 2 is 1.93 bits per heavy atom. The Kier molecular flexibility index (Phi) is 1.56. The Morgan fingerprint density at radius 3 is 2.73 bits per heavy atom. The predicted octanol–water partition coefficient (Wildman–Crippen LogP) is 2.12. The van der Waals surface area contributed by atoms with Gasteiger partial charge in [-0.25, -0.2) is 4.79 Å². The summed E-state index contributed by atoms with van der Waals surface area (Å²) in [5, 5.41) is 0. The van der Waals surface area contributed by atoms with Crippen molar-refractivity contribution in [1.82, 2.24) is 9.97 Å². The number of furan rings is 1. The molecule has 0 aliphatic carbocycles. The van der Waals surface area contributed by atoms with Crippen LogP contribution in [0.5, 0.6) is 0 Å². The summed E-state index contributed by atoms with van der Waals surface area (Å²) in [6.45, 7) is 0. The normalized spacial score (nSPS) is 10.9. The number of imidazole rings is 1. The molecule has 0 bridgehead atoms. The minimum absolute atomic E-state index is 0.193. The average molecular weight is 200 g/mol. The maximum absolute atomic E-state index is 11.1. The molecule has 0 radical (unpaired) electrons. The molecule has 15 heavy (non-hydrogen) atoms. The van der Waals surface area contributed by atoms with Crippen molar-refractivity contribution in [3.05, 3.63) is 47.1 Å². The van der Waals surface area contributed by atoms with E-state index in [9.17, 15) is 4.79 Å². The fourth-order valence-electron chi connectivity index (χ4n) is 1.63. The van der Waals surface area contributed by atoms with Crippen molar-refractivity contribution in [2.75, 3.05) is 0 Å². The molecule has 2 aromatic heterocycles. The second kappa shape index (κ2) is 2.88. The van der Waals surface area contributed by atoms with Gasteiger partial charge in [0, 0.05) is 5.56 Å². The van der Waals surface area contributed by atoms with Crippen LogP contribution in [0, 0.1) is 0 Å². The van der Waals surface area contributed by atoms with Gasteiger partial charge in [-0.3, -0.25) is 0 Å². The summed E-state index contributed by atoms with van der Waals surface area (Å²) < 4.78 is 5.27. The number of rotatable bonds is 1. The minimum Gasteiger partial charge on any atom is -0.464 e. The first-order valence-electron chi connectivity index (χ1n) is 4.59. The van der Waals surface area contributed by atoms with Crippen LogP contribution in [0.15, 0.2) is 45.8 Å². The molecule has 0 aliphatic heterocycles. The zero-order valence-electron chi connectivity index (χ0n) is 7.78. The van der Waals surface area contributed by atoms with Crippen LogP contribution in [-0.4, -0.2) is 9.97 Å². The Hall–Kier alpha value is -2.23. The van der Waals surface area contributed by atoms with Crippen LogP contribution in [0.4, 0.5) is 0 Å². The van der Waals surface area contributed by atoms with E-state index < -0.39 is 0 Å². The zero-order chi connectivity index (χ0) is 10.3. The molecular weight excluding hydrogens is 192 g/mol. The number of fused-ring (bicyclic) bond motifs is 1. The van der Waals surface area contributed by atoms with Crippen LogP contribution in [0.1, 0.15) is 0 Å². The molecule has 0 saturated carbocycles. The van der Waals surface area contributed by atoms with E-state index in [1.54, 1.807) is 6.26 Å². The molecule has 0 atom stereocenters. The van der Waals surface area contributed by atoms with Gasteiger partial charge >= 0.3 is 5.69 Å². The highest BCUT2D eigenvalue weighted by molar-refractivity contribution is 5.80. The topological polar surface area (TPSA) is 61.8 Å². The third-order valence-corrected chi connectivity index (χ3v) is 2.32. The Morgan fingerprint density at radius 1 is 1.07 bits per heavy atom. The number of aromatic nitrogens is 2. The van der Waals surface area contributed by atoms with E-state index >= 15 is 0 Å². The number of hydrogen-bond acceptors (Lipinski definition) is 2. The first-order valence-corrected chi connectivity index (χ1v) is 4.59. The molecule has 0 amide bonds. The first kappa shape index (κ1) is 8.11. The van der Waals surface area contributed by atoms with Gasteiger partial charge in [-0.15, -0.1) is 0 Å². The third-order valence-electron chi connectivity index (χ3n) is 2.32. The van der Waals surface area contributed by atoms with Crippen molar-refractivity contribution < 1.29 is 4.42 Å². The summed E-state index contributed by atoms with van der Waals surface area (Å²) in [5.41, 5.74) is 2.34. The highest BCUT2D eigenvalue weighted by atomic mass is 16.3. The monoisotopic (exact) mass is 200 g/mol. The smallest absolute Gasteiger partial charge is 0.323 e. The van der Waals surface area contributed by atoms with Gasteiger partial charge in [0.1, 0.15) is 5.76 Å². The lowest BCUT2D eigenvalue weighted by Gasteiger charge is -1.95. The molecule has 3 aromatic rings. The van der Waals surface area contributed by atoms with Crippen molar-refractivity contribution in [2.24, 2.45) is 0 Å². The SMILES string of the molecule is O=c1[nH]c2ccc(-c3ccco3)cc2[nH]1. The molecule has 0 aliphatic rings. The summed E-state index contributed by atoms with van der Waals surface area (Å²) in [5.74, 6) is 0.791. The summed E-state index contributed by atoms with van der Waals surface area (Å²) in [6.07, 6.45) is 1.62. The van der Waals surface area contributed by atoms with Crippen molar-refractivity contribution >= 4 is 11.0 Å². The molecule has 3 rings (SSSR count). The molecule has 0 unspecified atom stereocenters. The van der Waals surface area contributed by atoms with E-state index in [1.165, 1.54) is 0 Å². The fourth-order valence-corrected chi connectivity index (χ4v) is 1.63. The molecule has 2 heterocycles. The number of benzene rings is 1. The third kappa shape index (κ3) is 1.27. The van der Waals surface area contributed by atoms with Gasteiger partial charge < -0.3 is 14.4 Å². The number of hydrogen-bond donors (Lipinski definition) is 2. The standard InChI is InChI=1S/C11H8N2O2/c14-11-12-8-4-3-7(6-9(8)13-11)10-2-1-5-15-10/h1-6H,(H2,12,13,14). The van der Waals surface area contributed by atoms with Crippen molar-refractivity contribution in [1.29, 1.82) is 0 Å². The van der Waals surface area contributed by atoms with E-state index in [0.29, 0.717) is 0 Å². The van der Waals surface area contributed by atoms with Crippen LogP contribution in [0.25, 0.3) is 22.4 Å². The zero-order valence-corrected chi connectivity index (χ0v) is 7.78. The first-order chi connectivity index (χ1) is 7.33. The fraction of sp³-hybridized carbons (Fsp3) is 0. The van der Waals surface area contributed by atoms with Gasteiger partial charge in [-0.05, 0) is 30.3 Å². The maximum Gasteiger partial charge on any atom is 0.323 e. The molecule has 2 N–H and O–H groups in total. The molecule has 0 spiro atoms. The van der Waals surface area contributed by atoms with Crippen LogP contribution >= 0.6 is 0 Å². The Bertz CT molecular complexity index is 647. The van der Waals surface area contributed by atoms with E-state index in [1.807, 2.05) is 30.3 Å². The van der Waals surface area contributed by atoms with E-state index in [4.69, 9.17) is 4.42 Å². The second-order valence-corrected chi connectivity index (χ2v) is 3.32. The molecule has 0 fully saturated rings. The lowest BCUT2D eigenvalue weighted by Crippen LogP contribution is -1.99. The lowest BCUT2D eigenvalue weighted by atomic mass is 10.1. The van der Waals surface area contributed by atoms with Gasteiger partial charge in [0.25, 0.3) is 0 Å². The molecule has 1 aromatic carbocycles. The number of nitrogens with one attached hydrogen (secondary N) is 2. The highest BCUT2D eigenvalue weighted by Crippen LogP contribution is 2.22. The van der Waals surface area contributed by atoms with Crippen molar-refractivity contribution in [2.45, 2.75) is 0 Å². The van der Waals surface area contributed by atoms with Gasteiger partial charge in [0.15, 0.2) is 0 Å². The minimum atomic E-state index is -0.193. The number of H-pyrrole nitrogens is 2. The lowest BCUT2D eigenvalue weighted by molar-refractivity contribution is 0.582. The molecule has 4 heteroatoms. The largest absolute Gasteiger partial charge is 0.464 e. The van der Waals surface area contributed by atoms with Gasteiger partial charge in [-0.2, -0.15) is 0 Å².